The van der Waals surface area contributed by atoms with Gasteiger partial charge in [-0.3, -0.25) is 9.59 Å². The highest BCUT2D eigenvalue weighted by Crippen LogP contribution is 2.43. The van der Waals surface area contributed by atoms with Crippen molar-refractivity contribution >= 4 is 11.8 Å². The second kappa shape index (κ2) is 5.62. The Morgan fingerprint density at radius 1 is 1.08 bits per heavy atom. The van der Waals surface area contributed by atoms with E-state index >= 15 is 0 Å². The number of phenols is 2. The van der Waals surface area contributed by atoms with Crippen LogP contribution in [0.15, 0.2) is 42.5 Å². The fourth-order valence-corrected chi connectivity index (χ4v) is 3.16. The number of rotatable bonds is 2. The molecule has 1 aliphatic carbocycles. The van der Waals surface area contributed by atoms with Gasteiger partial charge in [0, 0.05) is 12.0 Å². The molecule has 5 heteroatoms. The molecule has 130 valence electrons. The molecular weight excluding hydrogens is 320 g/mol. The maximum Gasteiger partial charge on any atom is 0.325 e. The van der Waals surface area contributed by atoms with Crippen LogP contribution in [0.2, 0.25) is 0 Å². The first-order valence-corrected chi connectivity index (χ1v) is 8.04. The largest absolute Gasteiger partial charge is 0.504 e. The number of Topliss-reactive ketones (excluding diaryl/α,β-unsaturated/α-hetero) is 1. The van der Waals surface area contributed by atoms with E-state index < -0.39 is 17.0 Å². The van der Waals surface area contributed by atoms with Gasteiger partial charge in [0.25, 0.3) is 0 Å². The topological polar surface area (TPSA) is 83.8 Å². The number of ether oxygens (including phenoxy) is 1. The number of fused-ring (bicyclic) bond motifs is 1. The van der Waals surface area contributed by atoms with Gasteiger partial charge in [-0.15, -0.1) is 0 Å². The first-order chi connectivity index (χ1) is 11.6. The summed E-state index contributed by atoms with van der Waals surface area (Å²) < 4.78 is 5.55. The van der Waals surface area contributed by atoms with Crippen LogP contribution in [0.3, 0.4) is 0 Å². The molecule has 3 rings (SSSR count). The van der Waals surface area contributed by atoms with E-state index in [-0.39, 0.29) is 23.7 Å². The molecule has 0 heterocycles. The minimum atomic E-state index is -1.57. The third-order valence-corrected chi connectivity index (χ3v) is 4.32. The van der Waals surface area contributed by atoms with E-state index in [4.69, 9.17) is 4.74 Å². The molecule has 0 aromatic heterocycles. The number of esters is 1. The molecule has 0 radical (unpaired) electrons. The summed E-state index contributed by atoms with van der Waals surface area (Å²) in [5.74, 6) is -1.72. The maximum absolute atomic E-state index is 13.2. The first-order valence-electron chi connectivity index (χ1n) is 8.04. The molecule has 1 aliphatic rings. The van der Waals surface area contributed by atoms with Crippen molar-refractivity contribution in [2.24, 2.45) is 0 Å². The Hall–Kier alpha value is -2.82. The number of aromatic hydroxyl groups is 2. The minimum Gasteiger partial charge on any atom is -0.504 e. The number of carbonyl (C=O) groups excluding carboxylic acids is 2. The number of benzene rings is 2. The summed E-state index contributed by atoms with van der Waals surface area (Å²) >= 11 is 0. The smallest absolute Gasteiger partial charge is 0.325 e. The Morgan fingerprint density at radius 2 is 1.76 bits per heavy atom. The molecular formula is C20H20O5. The molecule has 0 amide bonds. The minimum absolute atomic E-state index is 0.154. The van der Waals surface area contributed by atoms with E-state index in [0.717, 1.165) is 5.56 Å². The van der Waals surface area contributed by atoms with E-state index in [1.165, 1.54) is 18.2 Å². The number of carbonyl (C=O) groups is 2. The summed E-state index contributed by atoms with van der Waals surface area (Å²) in [6.45, 7) is 5.21. The molecule has 2 aromatic rings. The molecule has 0 bridgehead atoms. The van der Waals surface area contributed by atoms with Gasteiger partial charge in [0.2, 0.25) is 0 Å². The van der Waals surface area contributed by atoms with Crippen molar-refractivity contribution < 1.29 is 24.5 Å². The van der Waals surface area contributed by atoms with E-state index in [1.807, 2.05) is 6.07 Å². The van der Waals surface area contributed by atoms with Crippen LogP contribution in [-0.2, 0) is 21.4 Å². The molecule has 0 fully saturated rings. The summed E-state index contributed by atoms with van der Waals surface area (Å²) in [6.07, 6.45) is 0.154. The predicted molar refractivity (Wildman–Crippen MR) is 91.8 cm³/mol. The molecule has 0 saturated heterocycles. The van der Waals surface area contributed by atoms with Gasteiger partial charge in [-0.2, -0.15) is 0 Å². The molecule has 0 aliphatic heterocycles. The summed E-state index contributed by atoms with van der Waals surface area (Å²) in [6, 6.07) is 11.0. The predicted octanol–water partition coefficient (Wildman–Crippen LogP) is 3.12. The van der Waals surface area contributed by atoms with E-state index in [9.17, 15) is 19.8 Å². The third-order valence-electron chi connectivity index (χ3n) is 4.32. The van der Waals surface area contributed by atoms with Crippen molar-refractivity contribution in [3.8, 4) is 11.5 Å². The van der Waals surface area contributed by atoms with Gasteiger partial charge in [0.1, 0.15) is 5.60 Å². The Morgan fingerprint density at radius 3 is 2.36 bits per heavy atom. The van der Waals surface area contributed by atoms with Gasteiger partial charge in [-0.25, -0.2) is 0 Å². The Labute approximate surface area is 145 Å². The average Bonchev–Trinajstić information content (AvgIpc) is 2.83. The van der Waals surface area contributed by atoms with Crippen LogP contribution >= 0.6 is 0 Å². The number of phenolic OH excluding ortho intramolecular Hbond substituents is 2. The second-order valence-electron chi connectivity index (χ2n) is 7.27. The zero-order valence-corrected chi connectivity index (χ0v) is 14.4. The number of hydrogen-bond donors (Lipinski definition) is 2. The van der Waals surface area contributed by atoms with Crippen molar-refractivity contribution in [3.05, 3.63) is 59.2 Å². The van der Waals surface area contributed by atoms with Crippen LogP contribution in [0.5, 0.6) is 11.5 Å². The molecule has 25 heavy (non-hydrogen) atoms. The molecule has 2 N–H and O–H groups in total. The molecule has 0 spiro atoms. The number of ketones is 1. The molecule has 1 unspecified atom stereocenters. The quantitative estimate of drug-likeness (QED) is 0.498. The molecule has 5 nitrogen and oxygen atoms in total. The Bertz CT molecular complexity index is 863. The third kappa shape index (κ3) is 2.76. The van der Waals surface area contributed by atoms with Crippen molar-refractivity contribution in [1.82, 2.24) is 0 Å². The van der Waals surface area contributed by atoms with Gasteiger partial charge < -0.3 is 14.9 Å². The zero-order chi connectivity index (χ0) is 18.4. The Kier molecular flexibility index (Phi) is 3.82. The van der Waals surface area contributed by atoms with Crippen LogP contribution in [0, 0.1) is 0 Å². The van der Waals surface area contributed by atoms with Gasteiger partial charge in [-0.05, 0) is 44.0 Å². The summed E-state index contributed by atoms with van der Waals surface area (Å²) in [7, 11) is 0. The lowest BCUT2D eigenvalue weighted by molar-refractivity contribution is -0.159. The highest BCUT2D eigenvalue weighted by molar-refractivity contribution is 6.20. The molecule has 0 saturated carbocycles. The van der Waals surface area contributed by atoms with Gasteiger partial charge in [0.05, 0.1) is 0 Å². The van der Waals surface area contributed by atoms with Crippen molar-refractivity contribution in [3.63, 3.8) is 0 Å². The van der Waals surface area contributed by atoms with E-state index in [0.29, 0.717) is 11.1 Å². The van der Waals surface area contributed by atoms with Crippen LogP contribution < -0.4 is 0 Å². The van der Waals surface area contributed by atoms with Crippen LogP contribution in [0.25, 0.3) is 0 Å². The fourth-order valence-electron chi connectivity index (χ4n) is 3.16. The normalized spacial score (nSPS) is 19.6. The monoisotopic (exact) mass is 340 g/mol. The number of hydrogen-bond acceptors (Lipinski definition) is 5. The first kappa shape index (κ1) is 17.0. The molecule has 1 atom stereocenters. The average molecular weight is 340 g/mol. The fraction of sp³-hybridized carbons (Fsp3) is 0.300. The summed E-state index contributed by atoms with van der Waals surface area (Å²) in [5.41, 5.74) is -0.801. The lowest BCUT2D eigenvalue weighted by atomic mass is 9.76. The summed E-state index contributed by atoms with van der Waals surface area (Å²) in [4.78, 5) is 26.3. The molecule has 2 aromatic carbocycles. The standard InChI is InChI=1S/C20H20O5/c1-19(2,3)25-18(24)20(13-8-9-15(21)16(22)10-13)11-12-6-4-5-7-14(12)17(20)23/h4-10,21-22H,11H2,1-3H3. The SMILES string of the molecule is CC(C)(C)OC(=O)C1(c2ccc(O)c(O)c2)Cc2ccccc2C1=O. The van der Waals surface area contributed by atoms with Crippen LogP contribution in [-0.4, -0.2) is 27.6 Å². The second-order valence-corrected chi connectivity index (χ2v) is 7.27. The van der Waals surface area contributed by atoms with Gasteiger partial charge in [0.15, 0.2) is 22.7 Å². The van der Waals surface area contributed by atoms with Crippen molar-refractivity contribution in [2.45, 2.75) is 38.2 Å². The lowest BCUT2D eigenvalue weighted by Gasteiger charge is -2.30. The van der Waals surface area contributed by atoms with E-state index in [1.54, 1.807) is 39.0 Å². The van der Waals surface area contributed by atoms with Gasteiger partial charge >= 0.3 is 5.97 Å². The van der Waals surface area contributed by atoms with Crippen molar-refractivity contribution in [2.75, 3.05) is 0 Å². The Balaban J connectivity index is 2.19. The van der Waals surface area contributed by atoms with Crippen LogP contribution in [0.4, 0.5) is 0 Å². The maximum atomic E-state index is 13.2. The highest BCUT2D eigenvalue weighted by atomic mass is 16.6. The van der Waals surface area contributed by atoms with Crippen LogP contribution in [0.1, 0.15) is 42.3 Å². The van der Waals surface area contributed by atoms with E-state index in [2.05, 4.69) is 0 Å². The highest BCUT2D eigenvalue weighted by Gasteiger charge is 2.55. The zero-order valence-electron chi connectivity index (χ0n) is 14.4. The summed E-state index contributed by atoms with van der Waals surface area (Å²) in [5, 5.41) is 19.5. The lowest BCUT2D eigenvalue weighted by Crippen LogP contribution is -2.46. The van der Waals surface area contributed by atoms with Gasteiger partial charge in [-0.1, -0.05) is 30.3 Å². The van der Waals surface area contributed by atoms with Crippen molar-refractivity contribution in [1.29, 1.82) is 0 Å².